The van der Waals surface area contributed by atoms with Gasteiger partial charge in [-0.3, -0.25) is 9.59 Å². The summed E-state index contributed by atoms with van der Waals surface area (Å²) in [5.74, 6) is 0.351. The van der Waals surface area contributed by atoms with E-state index in [-0.39, 0.29) is 18.4 Å². The molecular formula is C16H22N2O2S. The van der Waals surface area contributed by atoms with Gasteiger partial charge in [0.05, 0.1) is 12.3 Å². The highest BCUT2D eigenvalue weighted by molar-refractivity contribution is 8.00. The van der Waals surface area contributed by atoms with Gasteiger partial charge >= 0.3 is 0 Å². The summed E-state index contributed by atoms with van der Waals surface area (Å²) < 4.78 is 0. The molecule has 1 N–H and O–H groups in total. The SMILES string of the molecule is Cc1cc(C)c(C)c(SCC(=O)N2CCNC(=O)C2)c1C. The summed E-state index contributed by atoms with van der Waals surface area (Å²) in [7, 11) is 0. The van der Waals surface area contributed by atoms with E-state index >= 15 is 0 Å². The normalized spacial score (nSPS) is 15.0. The van der Waals surface area contributed by atoms with E-state index in [1.165, 1.54) is 27.1 Å². The van der Waals surface area contributed by atoms with Crippen LogP contribution in [0.3, 0.4) is 0 Å². The van der Waals surface area contributed by atoms with Gasteiger partial charge in [0.15, 0.2) is 0 Å². The maximum absolute atomic E-state index is 12.2. The molecule has 114 valence electrons. The Labute approximate surface area is 130 Å². The molecule has 1 fully saturated rings. The van der Waals surface area contributed by atoms with Gasteiger partial charge in [0.2, 0.25) is 11.8 Å². The van der Waals surface area contributed by atoms with Gasteiger partial charge in [0.25, 0.3) is 0 Å². The largest absolute Gasteiger partial charge is 0.353 e. The van der Waals surface area contributed by atoms with E-state index in [1.54, 1.807) is 16.7 Å². The number of thioether (sulfide) groups is 1. The summed E-state index contributed by atoms with van der Waals surface area (Å²) in [4.78, 5) is 26.4. The van der Waals surface area contributed by atoms with Crippen LogP contribution >= 0.6 is 11.8 Å². The monoisotopic (exact) mass is 306 g/mol. The third-order valence-corrected chi connectivity index (χ3v) is 5.32. The molecule has 21 heavy (non-hydrogen) atoms. The van der Waals surface area contributed by atoms with Gasteiger partial charge in [-0.1, -0.05) is 6.07 Å². The van der Waals surface area contributed by atoms with Crippen molar-refractivity contribution in [2.45, 2.75) is 32.6 Å². The number of carbonyl (C=O) groups is 2. The Bertz CT molecular complexity index is 558. The fraction of sp³-hybridized carbons (Fsp3) is 0.500. The number of hydrogen-bond acceptors (Lipinski definition) is 3. The number of hydrogen-bond donors (Lipinski definition) is 1. The summed E-state index contributed by atoms with van der Waals surface area (Å²) in [5.41, 5.74) is 5.00. The fourth-order valence-electron chi connectivity index (χ4n) is 2.47. The van der Waals surface area contributed by atoms with Gasteiger partial charge in [-0.15, -0.1) is 11.8 Å². The molecule has 0 saturated carbocycles. The summed E-state index contributed by atoms with van der Waals surface area (Å²) in [5, 5.41) is 2.73. The van der Waals surface area contributed by atoms with E-state index in [0.717, 1.165) is 0 Å². The van der Waals surface area contributed by atoms with Gasteiger partial charge in [0, 0.05) is 18.0 Å². The highest BCUT2D eigenvalue weighted by Gasteiger charge is 2.21. The standard InChI is InChI=1S/C16H22N2O2S/c1-10-7-11(2)13(4)16(12(10)3)21-9-15(20)18-6-5-17-14(19)8-18/h7H,5-6,8-9H2,1-4H3,(H,17,19). The van der Waals surface area contributed by atoms with Crippen LogP contribution in [0.2, 0.25) is 0 Å². The summed E-state index contributed by atoms with van der Waals surface area (Å²) in [6.07, 6.45) is 0. The number of nitrogens with zero attached hydrogens (tertiary/aromatic N) is 1. The number of carbonyl (C=O) groups excluding carboxylic acids is 2. The average molecular weight is 306 g/mol. The highest BCUT2D eigenvalue weighted by atomic mass is 32.2. The first kappa shape index (κ1) is 15.9. The minimum Gasteiger partial charge on any atom is -0.353 e. The molecule has 1 saturated heterocycles. The second-order valence-corrected chi connectivity index (χ2v) is 6.53. The van der Waals surface area contributed by atoms with Crippen LogP contribution in [0.1, 0.15) is 22.3 Å². The van der Waals surface area contributed by atoms with Crippen molar-refractivity contribution < 1.29 is 9.59 Å². The van der Waals surface area contributed by atoms with Gasteiger partial charge in [-0.05, 0) is 49.9 Å². The quantitative estimate of drug-likeness (QED) is 0.869. The topological polar surface area (TPSA) is 49.4 Å². The van der Waals surface area contributed by atoms with Crippen LogP contribution in [0.25, 0.3) is 0 Å². The molecular weight excluding hydrogens is 284 g/mol. The van der Waals surface area contributed by atoms with Crippen LogP contribution in [0.4, 0.5) is 0 Å². The number of amides is 2. The van der Waals surface area contributed by atoms with Gasteiger partial charge in [-0.25, -0.2) is 0 Å². The number of piperazine rings is 1. The lowest BCUT2D eigenvalue weighted by Crippen LogP contribution is -2.50. The van der Waals surface area contributed by atoms with E-state index in [0.29, 0.717) is 18.8 Å². The molecule has 1 aromatic rings. The summed E-state index contributed by atoms with van der Waals surface area (Å²) >= 11 is 1.58. The maximum atomic E-state index is 12.2. The van der Waals surface area contributed by atoms with Gasteiger partial charge in [0.1, 0.15) is 0 Å². The minimum atomic E-state index is -0.0710. The first-order chi connectivity index (χ1) is 9.90. The van der Waals surface area contributed by atoms with Crippen molar-refractivity contribution in [3.05, 3.63) is 28.3 Å². The Morgan fingerprint density at radius 2 is 1.86 bits per heavy atom. The summed E-state index contributed by atoms with van der Waals surface area (Å²) in [6, 6.07) is 2.19. The molecule has 0 atom stereocenters. The summed E-state index contributed by atoms with van der Waals surface area (Å²) in [6.45, 7) is 9.74. The number of rotatable bonds is 3. The molecule has 0 aliphatic carbocycles. The van der Waals surface area contributed by atoms with Crippen LogP contribution in [0.15, 0.2) is 11.0 Å². The van der Waals surface area contributed by atoms with Gasteiger partial charge < -0.3 is 10.2 Å². The van der Waals surface area contributed by atoms with Crippen LogP contribution in [0, 0.1) is 27.7 Å². The molecule has 0 aromatic heterocycles. The molecule has 1 aromatic carbocycles. The Morgan fingerprint density at radius 1 is 1.24 bits per heavy atom. The van der Waals surface area contributed by atoms with Crippen LogP contribution in [-0.4, -0.2) is 42.1 Å². The molecule has 1 heterocycles. The molecule has 1 aliphatic rings. The van der Waals surface area contributed by atoms with Crippen LogP contribution < -0.4 is 5.32 Å². The van der Waals surface area contributed by atoms with Crippen molar-refractivity contribution in [2.24, 2.45) is 0 Å². The maximum Gasteiger partial charge on any atom is 0.239 e. The molecule has 0 unspecified atom stereocenters. The Kier molecular flexibility index (Phi) is 4.93. The average Bonchev–Trinajstić information content (AvgIpc) is 2.45. The molecule has 5 heteroatoms. The molecule has 1 aliphatic heterocycles. The lowest BCUT2D eigenvalue weighted by Gasteiger charge is -2.26. The minimum absolute atomic E-state index is 0.0350. The predicted molar refractivity (Wildman–Crippen MR) is 85.7 cm³/mol. The van der Waals surface area contributed by atoms with E-state index in [9.17, 15) is 9.59 Å². The van der Waals surface area contributed by atoms with Crippen molar-refractivity contribution in [1.82, 2.24) is 10.2 Å². The number of benzene rings is 1. The third-order valence-electron chi connectivity index (χ3n) is 4.03. The fourth-order valence-corrected chi connectivity index (χ4v) is 3.68. The number of aryl methyl sites for hydroxylation is 2. The Morgan fingerprint density at radius 3 is 2.43 bits per heavy atom. The molecule has 0 spiro atoms. The van der Waals surface area contributed by atoms with Crippen LogP contribution in [0.5, 0.6) is 0 Å². The smallest absolute Gasteiger partial charge is 0.239 e. The molecule has 0 bridgehead atoms. The van der Waals surface area contributed by atoms with Crippen molar-refractivity contribution in [3.8, 4) is 0 Å². The Balaban J connectivity index is 2.06. The first-order valence-corrected chi connectivity index (χ1v) is 8.13. The molecule has 0 radical (unpaired) electrons. The van der Waals surface area contributed by atoms with E-state index in [1.807, 2.05) is 0 Å². The van der Waals surface area contributed by atoms with Gasteiger partial charge in [-0.2, -0.15) is 0 Å². The Hall–Kier alpha value is -1.49. The van der Waals surface area contributed by atoms with Crippen molar-refractivity contribution in [1.29, 1.82) is 0 Å². The van der Waals surface area contributed by atoms with E-state index in [4.69, 9.17) is 0 Å². The number of nitrogens with one attached hydrogen (secondary N) is 1. The van der Waals surface area contributed by atoms with E-state index in [2.05, 4.69) is 39.1 Å². The van der Waals surface area contributed by atoms with Crippen LogP contribution in [-0.2, 0) is 9.59 Å². The zero-order chi connectivity index (χ0) is 15.6. The molecule has 2 amide bonds. The van der Waals surface area contributed by atoms with Crippen molar-refractivity contribution in [3.63, 3.8) is 0 Å². The lowest BCUT2D eigenvalue weighted by molar-refractivity contribution is -0.136. The molecule has 4 nitrogen and oxygen atoms in total. The van der Waals surface area contributed by atoms with Crippen molar-refractivity contribution in [2.75, 3.05) is 25.4 Å². The highest BCUT2D eigenvalue weighted by Crippen LogP contribution is 2.31. The lowest BCUT2D eigenvalue weighted by atomic mass is 10.0. The second kappa shape index (κ2) is 6.52. The third kappa shape index (κ3) is 3.59. The molecule has 2 rings (SSSR count). The zero-order valence-electron chi connectivity index (χ0n) is 13.1. The van der Waals surface area contributed by atoms with E-state index < -0.39 is 0 Å². The first-order valence-electron chi connectivity index (χ1n) is 7.15. The predicted octanol–water partition coefficient (Wildman–Crippen LogP) is 1.97. The zero-order valence-corrected chi connectivity index (χ0v) is 13.9. The van der Waals surface area contributed by atoms with Crippen molar-refractivity contribution >= 4 is 23.6 Å². The second-order valence-electron chi connectivity index (χ2n) is 5.54.